The van der Waals surface area contributed by atoms with Gasteiger partial charge >= 0.3 is 0 Å². The van der Waals surface area contributed by atoms with E-state index >= 15 is 0 Å². The second-order valence-electron chi connectivity index (χ2n) is 2.92. The molecule has 0 fully saturated rings. The van der Waals surface area contributed by atoms with Gasteiger partial charge < -0.3 is 4.42 Å². The molecule has 0 radical (unpaired) electrons. The molecule has 5 heteroatoms. The van der Waals surface area contributed by atoms with Gasteiger partial charge in [0.25, 0.3) is 0 Å². The van der Waals surface area contributed by atoms with Crippen LogP contribution in [0.5, 0.6) is 0 Å². The molecule has 2 rings (SSSR count). The highest BCUT2D eigenvalue weighted by Crippen LogP contribution is 2.07. The van der Waals surface area contributed by atoms with Gasteiger partial charge in [-0.2, -0.15) is 10.1 Å². The minimum atomic E-state index is -0.394. The lowest BCUT2D eigenvalue weighted by Crippen LogP contribution is -1.97. The highest BCUT2D eigenvalue weighted by atomic mass is 19.1. The van der Waals surface area contributed by atoms with Crippen molar-refractivity contribution in [3.05, 3.63) is 30.1 Å². The van der Waals surface area contributed by atoms with Gasteiger partial charge in [0.2, 0.25) is 0 Å². The summed E-state index contributed by atoms with van der Waals surface area (Å²) in [5.41, 5.74) is 0.716. The van der Waals surface area contributed by atoms with Crippen LogP contribution in [0.1, 0.15) is 11.6 Å². The van der Waals surface area contributed by atoms with Crippen LogP contribution < -0.4 is 0 Å². The van der Waals surface area contributed by atoms with Crippen molar-refractivity contribution >= 4 is 0 Å². The fourth-order valence-corrected chi connectivity index (χ4v) is 1.18. The molecule has 0 aliphatic carbocycles. The maximum Gasteiger partial charge on any atom is 0.193 e. The molecule has 2 aromatic rings. The number of rotatable bonds is 3. The summed E-state index contributed by atoms with van der Waals surface area (Å²) in [5.74, 6) is 1.20. The first-order chi connectivity index (χ1) is 6.79. The normalized spacial score (nSPS) is 10.7. The average Bonchev–Trinajstić information content (AvgIpc) is 2.74. The molecule has 0 atom stereocenters. The maximum absolute atomic E-state index is 12.0. The van der Waals surface area contributed by atoms with Crippen LogP contribution in [0.2, 0.25) is 0 Å². The van der Waals surface area contributed by atoms with E-state index in [1.165, 1.54) is 6.26 Å². The SMILES string of the molecule is Cc1nc(-n2ccc(CCF)n2)co1. The third-order valence-electron chi connectivity index (χ3n) is 1.84. The largest absolute Gasteiger partial charge is 0.447 e. The lowest BCUT2D eigenvalue weighted by Gasteiger charge is -1.92. The maximum atomic E-state index is 12.0. The molecular weight excluding hydrogens is 185 g/mol. The summed E-state index contributed by atoms with van der Waals surface area (Å²) in [6.07, 6.45) is 3.59. The van der Waals surface area contributed by atoms with E-state index in [0.717, 1.165) is 0 Å². The molecule has 0 aliphatic heterocycles. The number of halogens is 1. The highest BCUT2D eigenvalue weighted by Gasteiger charge is 2.04. The molecule has 14 heavy (non-hydrogen) atoms. The van der Waals surface area contributed by atoms with Crippen molar-refractivity contribution < 1.29 is 8.81 Å². The van der Waals surface area contributed by atoms with Crippen molar-refractivity contribution in [1.82, 2.24) is 14.8 Å². The summed E-state index contributed by atoms with van der Waals surface area (Å²) in [4.78, 5) is 4.09. The number of aryl methyl sites for hydroxylation is 2. The van der Waals surface area contributed by atoms with Crippen LogP contribution in [0, 0.1) is 6.92 Å². The Bertz CT molecular complexity index is 421. The monoisotopic (exact) mass is 195 g/mol. The highest BCUT2D eigenvalue weighted by molar-refractivity contribution is 5.17. The molecule has 0 amide bonds. The van der Waals surface area contributed by atoms with Crippen LogP contribution in [0.25, 0.3) is 5.82 Å². The Hall–Kier alpha value is -1.65. The number of alkyl halides is 1. The summed E-state index contributed by atoms with van der Waals surface area (Å²) >= 11 is 0. The van der Waals surface area contributed by atoms with Gasteiger partial charge in [0, 0.05) is 19.5 Å². The number of aromatic nitrogens is 3. The molecule has 0 aromatic carbocycles. The molecule has 0 bridgehead atoms. The second kappa shape index (κ2) is 3.61. The molecule has 0 N–H and O–H groups in total. The Morgan fingerprint density at radius 2 is 2.43 bits per heavy atom. The van der Waals surface area contributed by atoms with Crippen LogP contribution in [-0.2, 0) is 6.42 Å². The van der Waals surface area contributed by atoms with Gasteiger partial charge in [-0.3, -0.25) is 4.39 Å². The zero-order chi connectivity index (χ0) is 9.97. The minimum absolute atomic E-state index is 0.337. The molecule has 0 saturated carbocycles. The van der Waals surface area contributed by atoms with Crippen molar-refractivity contribution in [1.29, 1.82) is 0 Å². The van der Waals surface area contributed by atoms with Crippen molar-refractivity contribution in [2.24, 2.45) is 0 Å². The van der Waals surface area contributed by atoms with Gasteiger partial charge in [-0.15, -0.1) is 0 Å². The van der Waals surface area contributed by atoms with Crippen LogP contribution in [0.3, 0.4) is 0 Å². The van der Waals surface area contributed by atoms with E-state index in [9.17, 15) is 4.39 Å². The third-order valence-corrected chi connectivity index (χ3v) is 1.84. The average molecular weight is 195 g/mol. The molecule has 0 spiro atoms. The Labute approximate surface area is 80.4 Å². The molecule has 0 unspecified atom stereocenters. The topological polar surface area (TPSA) is 43.9 Å². The van der Waals surface area contributed by atoms with Crippen LogP contribution in [0.4, 0.5) is 4.39 Å². The van der Waals surface area contributed by atoms with Gasteiger partial charge in [0.05, 0.1) is 12.4 Å². The van der Waals surface area contributed by atoms with Crippen molar-refractivity contribution in [3.8, 4) is 5.82 Å². The molecule has 74 valence electrons. The summed E-state index contributed by atoms with van der Waals surface area (Å²) in [7, 11) is 0. The predicted octanol–water partition coefficient (Wildman–Crippen LogP) is 1.68. The molecule has 2 aromatic heterocycles. The number of hydrogen-bond donors (Lipinski definition) is 0. The Morgan fingerprint density at radius 3 is 3.07 bits per heavy atom. The Morgan fingerprint density at radius 1 is 1.57 bits per heavy atom. The quantitative estimate of drug-likeness (QED) is 0.748. The van der Waals surface area contributed by atoms with Crippen molar-refractivity contribution in [2.45, 2.75) is 13.3 Å². The van der Waals surface area contributed by atoms with E-state index in [0.29, 0.717) is 23.8 Å². The Kier molecular flexibility index (Phi) is 2.30. The summed E-state index contributed by atoms with van der Waals surface area (Å²) < 4.78 is 18.6. The van der Waals surface area contributed by atoms with Gasteiger partial charge in [-0.1, -0.05) is 0 Å². The predicted molar refractivity (Wildman–Crippen MR) is 48.0 cm³/mol. The zero-order valence-corrected chi connectivity index (χ0v) is 7.77. The fraction of sp³-hybridized carbons (Fsp3) is 0.333. The van der Waals surface area contributed by atoms with E-state index in [-0.39, 0.29) is 0 Å². The minimum Gasteiger partial charge on any atom is -0.447 e. The molecule has 0 aliphatic rings. The van der Waals surface area contributed by atoms with E-state index in [2.05, 4.69) is 10.1 Å². The van der Waals surface area contributed by atoms with Crippen molar-refractivity contribution in [2.75, 3.05) is 6.67 Å². The first-order valence-electron chi connectivity index (χ1n) is 4.32. The summed E-state index contributed by atoms with van der Waals surface area (Å²) in [6.45, 7) is 1.37. The summed E-state index contributed by atoms with van der Waals surface area (Å²) in [6, 6.07) is 1.77. The number of nitrogens with zero attached hydrogens (tertiary/aromatic N) is 3. The molecule has 0 saturated heterocycles. The van der Waals surface area contributed by atoms with Gasteiger partial charge in [0.15, 0.2) is 11.7 Å². The molecular formula is C9H10FN3O. The second-order valence-corrected chi connectivity index (χ2v) is 2.92. The zero-order valence-electron chi connectivity index (χ0n) is 7.77. The van der Waals surface area contributed by atoms with E-state index < -0.39 is 6.67 Å². The molecule has 2 heterocycles. The van der Waals surface area contributed by atoms with Gasteiger partial charge in [-0.05, 0) is 6.07 Å². The lowest BCUT2D eigenvalue weighted by atomic mass is 10.3. The number of hydrogen-bond acceptors (Lipinski definition) is 3. The first-order valence-corrected chi connectivity index (χ1v) is 4.32. The van der Waals surface area contributed by atoms with E-state index in [1.807, 2.05) is 0 Å². The van der Waals surface area contributed by atoms with E-state index in [4.69, 9.17) is 4.42 Å². The molecule has 4 nitrogen and oxygen atoms in total. The lowest BCUT2D eigenvalue weighted by molar-refractivity contribution is 0.490. The fourth-order valence-electron chi connectivity index (χ4n) is 1.18. The van der Waals surface area contributed by atoms with Crippen LogP contribution in [-0.4, -0.2) is 21.4 Å². The first kappa shape index (κ1) is 8.93. The number of oxazole rings is 1. The smallest absolute Gasteiger partial charge is 0.193 e. The van der Waals surface area contributed by atoms with Crippen LogP contribution >= 0.6 is 0 Å². The standard InChI is InChI=1S/C9H10FN3O/c1-7-11-9(6-14-7)13-5-3-8(12-13)2-4-10/h3,5-6H,2,4H2,1H3. The third kappa shape index (κ3) is 1.66. The van der Waals surface area contributed by atoms with Crippen LogP contribution in [0.15, 0.2) is 22.9 Å². The van der Waals surface area contributed by atoms with Gasteiger partial charge in [-0.25, -0.2) is 4.68 Å². The Balaban J connectivity index is 2.24. The van der Waals surface area contributed by atoms with Gasteiger partial charge in [0.1, 0.15) is 6.26 Å². The van der Waals surface area contributed by atoms with E-state index in [1.54, 1.807) is 23.9 Å². The summed E-state index contributed by atoms with van der Waals surface area (Å²) in [5, 5.41) is 4.14. The van der Waals surface area contributed by atoms with Crippen molar-refractivity contribution in [3.63, 3.8) is 0 Å².